The first-order chi connectivity index (χ1) is 6.50. The van der Waals surface area contributed by atoms with Crippen LogP contribution in [0.4, 0.5) is 0 Å². The fourth-order valence-corrected chi connectivity index (χ4v) is 1.52. The topological polar surface area (TPSA) is 37.3 Å². The smallest absolute Gasteiger partial charge is 0.321 e. The fourth-order valence-electron chi connectivity index (χ4n) is 1.36. The Morgan fingerprint density at radius 1 is 1.50 bits per heavy atom. The monoisotopic (exact) mass is 212 g/mol. The Labute approximate surface area is 88.5 Å². The minimum atomic E-state index is -0.966. The van der Waals surface area contributed by atoms with Crippen molar-refractivity contribution in [3.8, 4) is 0 Å². The van der Waals surface area contributed by atoms with Crippen molar-refractivity contribution in [2.45, 2.75) is 25.6 Å². The lowest BCUT2D eigenvalue weighted by Crippen LogP contribution is -2.16. The van der Waals surface area contributed by atoms with Gasteiger partial charge in [0, 0.05) is 0 Å². The molecular weight excluding hydrogens is 200 g/mol. The third-order valence-electron chi connectivity index (χ3n) is 2.17. The van der Waals surface area contributed by atoms with Crippen molar-refractivity contribution in [1.29, 1.82) is 0 Å². The number of halogens is 1. The molecule has 0 aromatic heterocycles. The van der Waals surface area contributed by atoms with E-state index in [1.807, 2.05) is 32.0 Å². The largest absolute Gasteiger partial charge is 0.480 e. The van der Waals surface area contributed by atoms with Crippen LogP contribution in [-0.4, -0.2) is 16.5 Å². The van der Waals surface area contributed by atoms with Gasteiger partial charge in [-0.15, -0.1) is 11.6 Å². The minimum absolute atomic E-state index is 0.378. The van der Waals surface area contributed by atoms with Crippen LogP contribution in [0.2, 0.25) is 0 Å². The second-order valence-electron chi connectivity index (χ2n) is 3.44. The van der Waals surface area contributed by atoms with Gasteiger partial charge in [-0.25, -0.2) is 0 Å². The van der Waals surface area contributed by atoms with Gasteiger partial charge in [-0.05, 0) is 31.4 Å². The van der Waals surface area contributed by atoms with E-state index >= 15 is 0 Å². The van der Waals surface area contributed by atoms with Crippen molar-refractivity contribution in [2.24, 2.45) is 0 Å². The van der Waals surface area contributed by atoms with Crippen LogP contribution in [0.25, 0.3) is 0 Å². The molecule has 0 aliphatic heterocycles. The summed E-state index contributed by atoms with van der Waals surface area (Å²) in [6.07, 6.45) is 0.378. The average Bonchev–Trinajstić information content (AvgIpc) is 2.09. The van der Waals surface area contributed by atoms with Gasteiger partial charge in [0.1, 0.15) is 5.38 Å². The zero-order valence-electron chi connectivity index (χ0n) is 8.25. The molecule has 0 spiro atoms. The molecular formula is C11H13ClO2. The molecule has 0 bridgehead atoms. The van der Waals surface area contributed by atoms with E-state index in [0.29, 0.717) is 6.42 Å². The molecule has 0 aliphatic carbocycles. The zero-order valence-corrected chi connectivity index (χ0v) is 9.01. The summed E-state index contributed by atoms with van der Waals surface area (Å²) in [4.78, 5) is 10.5. The Morgan fingerprint density at radius 3 is 2.64 bits per heavy atom. The predicted octanol–water partition coefficient (Wildman–Crippen LogP) is 2.54. The van der Waals surface area contributed by atoms with Crippen molar-refractivity contribution in [2.75, 3.05) is 0 Å². The molecule has 1 aromatic carbocycles. The second-order valence-corrected chi connectivity index (χ2v) is 3.97. The Morgan fingerprint density at radius 2 is 2.14 bits per heavy atom. The van der Waals surface area contributed by atoms with Crippen LogP contribution in [0.1, 0.15) is 16.7 Å². The molecule has 0 amide bonds. The molecule has 1 aromatic rings. The number of aliphatic carboxylic acids is 1. The molecule has 0 heterocycles. The van der Waals surface area contributed by atoms with E-state index in [-0.39, 0.29) is 0 Å². The van der Waals surface area contributed by atoms with E-state index in [1.54, 1.807) is 0 Å². The first kappa shape index (κ1) is 11.1. The standard InChI is InChI=1S/C11H13ClO2/c1-7-3-4-9(8(2)5-7)6-10(12)11(13)14/h3-5,10H,6H2,1-2H3,(H,13,14). The highest BCUT2D eigenvalue weighted by Crippen LogP contribution is 2.14. The van der Waals surface area contributed by atoms with Gasteiger partial charge < -0.3 is 5.11 Å². The first-order valence-electron chi connectivity index (χ1n) is 4.43. The Kier molecular flexibility index (Phi) is 3.53. The van der Waals surface area contributed by atoms with Gasteiger partial charge in [-0.2, -0.15) is 0 Å². The van der Waals surface area contributed by atoms with Crippen LogP contribution >= 0.6 is 11.6 Å². The molecule has 0 fully saturated rings. The molecule has 76 valence electrons. The van der Waals surface area contributed by atoms with Crippen LogP contribution in [0.3, 0.4) is 0 Å². The van der Waals surface area contributed by atoms with Crippen molar-refractivity contribution >= 4 is 17.6 Å². The van der Waals surface area contributed by atoms with Crippen molar-refractivity contribution in [3.05, 3.63) is 34.9 Å². The van der Waals surface area contributed by atoms with E-state index in [9.17, 15) is 4.79 Å². The van der Waals surface area contributed by atoms with Crippen molar-refractivity contribution in [3.63, 3.8) is 0 Å². The molecule has 1 rings (SSSR count). The summed E-state index contributed by atoms with van der Waals surface area (Å²) < 4.78 is 0. The molecule has 0 saturated carbocycles. The Balaban J connectivity index is 2.82. The van der Waals surface area contributed by atoms with E-state index in [1.165, 1.54) is 5.56 Å². The summed E-state index contributed by atoms with van der Waals surface area (Å²) >= 11 is 5.66. The summed E-state index contributed by atoms with van der Waals surface area (Å²) in [7, 11) is 0. The van der Waals surface area contributed by atoms with Gasteiger partial charge in [-0.1, -0.05) is 23.8 Å². The highest BCUT2D eigenvalue weighted by Gasteiger charge is 2.14. The van der Waals surface area contributed by atoms with Crippen LogP contribution in [0, 0.1) is 13.8 Å². The molecule has 3 heteroatoms. The zero-order chi connectivity index (χ0) is 10.7. The van der Waals surface area contributed by atoms with Gasteiger partial charge in [0.15, 0.2) is 0 Å². The lowest BCUT2D eigenvalue weighted by Gasteiger charge is -2.08. The Bertz CT molecular complexity index is 347. The van der Waals surface area contributed by atoms with Gasteiger partial charge in [0.05, 0.1) is 0 Å². The van der Waals surface area contributed by atoms with E-state index in [0.717, 1.165) is 11.1 Å². The summed E-state index contributed by atoms with van der Waals surface area (Å²) in [6.45, 7) is 3.97. The van der Waals surface area contributed by atoms with Crippen LogP contribution in [0.5, 0.6) is 0 Å². The molecule has 0 saturated heterocycles. The average molecular weight is 213 g/mol. The van der Waals surface area contributed by atoms with Gasteiger partial charge >= 0.3 is 5.97 Å². The number of carboxylic acid groups (broad SMARTS) is 1. The highest BCUT2D eigenvalue weighted by molar-refractivity contribution is 6.29. The molecule has 1 N–H and O–H groups in total. The van der Waals surface area contributed by atoms with E-state index in [4.69, 9.17) is 16.7 Å². The minimum Gasteiger partial charge on any atom is -0.480 e. The number of carbonyl (C=O) groups is 1. The predicted molar refractivity (Wildman–Crippen MR) is 56.9 cm³/mol. The van der Waals surface area contributed by atoms with E-state index < -0.39 is 11.3 Å². The van der Waals surface area contributed by atoms with Gasteiger partial charge in [-0.3, -0.25) is 4.79 Å². The van der Waals surface area contributed by atoms with Gasteiger partial charge in [0.25, 0.3) is 0 Å². The van der Waals surface area contributed by atoms with Crippen LogP contribution in [0.15, 0.2) is 18.2 Å². The Hall–Kier alpha value is -1.02. The summed E-state index contributed by atoms with van der Waals surface area (Å²) in [5.41, 5.74) is 3.27. The first-order valence-corrected chi connectivity index (χ1v) is 4.87. The molecule has 0 radical (unpaired) electrons. The number of hydrogen-bond donors (Lipinski definition) is 1. The maximum atomic E-state index is 10.5. The number of hydrogen-bond acceptors (Lipinski definition) is 1. The SMILES string of the molecule is Cc1ccc(CC(Cl)C(=O)O)c(C)c1. The molecule has 2 nitrogen and oxygen atoms in total. The maximum Gasteiger partial charge on any atom is 0.321 e. The molecule has 1 unspecified atom stereocenters. The maximum absolute atomic E-state index is 10.5. The van der Waals surface area contributed by atoms with Crippen LogP contribution in [-0.2, 0) is 11.2 Å². The number of rotatable bonds is 3. The summed E-state index contributed by atoms with van der Waals surface area (Å²) in [5, 5.41) is 7.82. The number of alkyl halides is 1. The third-order valence-corrected chi connectivity index (χ3v) is 2.51. The van der Waals surface area contributed by atoms with E-state index in [2.05, 4.69) is 0 Å². The van der Waals surface area contributed by atoms with Crippen molar-refractivity contribution < 1.29 is 9.90 Å². The fraction of sp³-hybridized carbons (Fsp3) is 0.364. The normalized spacial score (nSPS) is 12.5. The molecule has 0 aliphatic rings. The molecule has 14 heavy (non-hydrogen) atoms. The van der Waals surface area contributed by atoms with Crippen LogP contribution < -0.4 is 0 Å². The van der Waals surface area contributed by atoms with Gasteiger partial charge in [0.2, 0.25) is 0 Å². The number of carboxylic acids is 1. The highest BCUT2D eigenvalue weighted by atomic mass is 35.5. The lowest BCUT2D eigenvalue weighted by molar-refractivity contribution is -0.136. The third kappa shape index (κ3) is 2.74. The number of aryl methyl sites for hydroxylation is 2. The molecule has 1 atom stereocenters. The second kappa shape index (κ2) is 4.47. The lowest BCUT2D eigenvalue weighted by atomic mass is 10.0. The number of benzene rings is 1. The summed E-state index contributed by atoms with van der Waals surface area (Å²) in [6, 6.07) is 5.93. The van der Waals surface area contributed by atoms with Crippen molar-refractivity contribution in [1.82, 2.24) is 0 Å². The quantitative estimate of drug-likeness (QED) is 0.782. The summed E-state index contributed by atoms with van der Waals surface area (Å²) in [5.74, 6) is -0.966.